The monoisotopic (exact) mass is 499 g/mol. The van der Waals surface area contributed by atoms with Crippen molar-refractivity contribution < 1.29 is 14.2 Å². The minimum absolute atomic E-state index is 0.0428. The summed E-state index contributed by atoms with van der Waals surface area (Å²) in [5.41, 5.74) is 15.7. The lowest BCUT2D eigenvalue weighted by atomic mass is 9.13. The molecule has 4 N–H and O–H groups in total. The van der Waals surface area contributed by atoms with Gasteiger partial charge in [0.2, 0.25) is 6.54 Å². The Balaban J connectivity index is 0.000000219. The van der Waals surface area contributed by atoms with E-state index in [-0.39, 0.29) is 6.54 Å². The SMILES string of the molecule is NC(=O)C[n+]1cccc(C(N)=O)c1.c1ccc([B-](c2ccccc2)(c2ccccc2)c2ccccc2)cc1. The van der Waals surface area contributed by atoms with Crippen molar-refractivity contribution in [3.05, 3.63) is 151 Å². The summed E-state index contributed by atoms with van der Waals surface area (Å²) in [6.07, 6.45) is 1.90. The number of aromatic nitrogens is 1. The van der Waals surface area contributed by atoms with Crippen LogP contribution in [0.1, 0.15) is 10.4 Å². The van der Waals surface area contributed by atoms with Crippen LogP contribution in [0.3, 0.4) is 0 Å². The highest BCUT2D eigenvalue weighted by molar-refractivity contribution is 7.19. The lowest BCUT2D eigenvalue weighted by Gasteiger charge is -2.44. The third-order valence-electron chi connectivity index (χ3n) is 6.68. The Hall–Kier alpha value is -4.97. The van der Waals surface area contributed by atoms with Crippen molar-refractivity contribution in [2.45, 2.75) is 6.54 Å². The summed E-state index contributed by atoms with van der Waals surface area (Å²) in [4.78, 5) is 21.3. The molecule has 2 amide bonds. The molecule has 5 nitrogen and oxygen atoms in total. The smallest absolute Gasteiger partial charge is 0.283 e. The Morgan fingerprint density at radius 2 is 0.921 bits per heavy atom. The minimum Gasteiger partial charge on any atom is -0.365 e. The Labute approximate surface area is 223 Å². The van der Waals surface area contributed by atoms with Crippen molar-refractivity contribution in [3.63, 3.8) is 0 Å². The molecule has 5 aromatic rings. The first kappa shape index (κ1) is 26.1. The van der Waals surface area contributed by atoms with Gasteiger partial charge in [-0.2, -0.15) is 26.4 Å². The van der Waals surface area contributed by atoms with Gasteiger partial charge in [0.15, 0.2) is 12.4 Å². The average Bonchev–Trinajstić information content (AvgIpc) is 2.96. The maximum Gasteiger partial charge on any atom is 0.283 e. The molecule has 1 heterocycles. The van der Waals surface area contributed by atoms with Gasteiger partial charge in [0.1, 0.15) is 11.7 Å². The lowest BCUT2D eigenvalue weighted by Crippen LogP contribution is -2.74. The number of carbonyl (C=O) groups is 2. The summed E-state index contributed by atoms with van der Waals surface area (Å²) in [6, 6.07) is 46.7. The Morgan fingerprint density at radius 3 is 1.24 bits per heavy atom. The van der Waals surface area contributed by atoms with Crippen LogP contribution in [0.5, 0.6) is 0 Å². The predicted octanol–water partition coefficient (Wildman–Crippen LogP) is 1.62. The molecule has 0 unspecified atom stereocenters. The number of benzene rings is 4. The summed E-state index contributed by atoms with van der Waals surface area (Å²) in [7, 11) is 0. The van der Waals surface area contributed by atoms with Gasteiger partial charge in [0.25, 0.3) is 11.8 Å². The van der Waals surface area contributed by atoms with Crippen LogP contribution in [0.4, 0.5) is 0 Å². The first-order chi connectivity index (χ1) is 18.5. The minimum atomic E-state index is -1.22. The second-order valence-corrected chi connectivity index (χ2v) is 9.10. The summed E-state index contributed by atoms with van der Waals surface area (Å²) in [5.74, 6) is -0.995. The van der Waals surface area contributed by atoms with Crippen molar-refractivity contribution in [2.24, 2.45) is 11.5 Å². The van der Waals surface area contributed by atoms with E-state index in [9.17, 15) is 9.59 Å². The van der Waals surface area contributed by atoms with Gasteiger partial charge in [-0.25, -0.2) is 0 Å². The van der Waals surface area contributed by atoms with E-state index in [1.54, 1.807) is 18.3 Å². The number of nitrogens with two attached hydrogens (primary N) is 2. The van der Waals surface area contributed by atoms with E-state index >= 15 is 0 Å². The lowest BCUT2D eigenvalue weighted by molar-refractivity contribution is -0.684. The second kappa shape index (κ2) is 12.3. The zero-order valence-corrected chi connectivity index (χ0v) is 21.1. The van der Waals surface area contributed by atoms with E-state index in [4.69, 9.17) is 11.5 Å². The normalized spacial score (nSPS) is 10.6. The van der Waals surface area contributed by atoms with E-state index in [0.717, 1.165) is 0 Å². The number of carbonyl (C=O) groups excluding carboxylic acids is 2. The first-order valence-corrected chi connectivity index (χ1v) is 12.5. The van der Waals surface area contributed by atoms with E-state index in [0.29, 0.717) is 5.56 Å². The van der Waals surface area contributed by atoms with Gasteiger partial charge in [-0.05, 0) is 6.07 Å². The van der Waals surface area contributed by atoms with Crippen LogP contribution >= 0.6 is 0 Å². The highest BCUT2D eigenvalue weighted by atomic mass is 16.1. The van der Waals surface area contributed by atoms with Gasteiger partial charge < -0.3 is 11.5 Å². The maximum absolute atomic E-state index is 10.7. The number of primary amides is 2. The molecule has 0 saturated carbocycles. The van der Waals surface area contributed by atoms with Crippen molar-refractivity contribution in [1.82, 2.24) is 0 Å². The predicted molar refractivity (Wildman–Crippen MR) is 154 cm³/mol. The Morgan fingerprint density at radius 1 is 0.553 bits per heavy atom. The molecule has 1 aromatic heterocycles. The van der Waals surface area contributed by atoms with Gasteiger partial charge in [-0.3, -0.25) is 9.59 Å². The van der Waals surface area contributed by atoms with E-state index in [1.165, 1.54) is 32.6 Å². The average molecular weight is 499 g/mol. The molecule has 0 aliphatic rings. The molecule has 0 fully saturated rings. The number of amides is 2. The largest absolute Gasteiger partial charge is 0.365 e. The standard InChI is InChI=1S/C24H20B.C8H9N3O2/c1-5-13-21(14-6-1)25(22-15-7-2-8-16-22,23-17-9-3-10-18-23)24-19-11-4-12-20-24;9-7(12)5-11-3-1-2-6(4-11)8(10)13/h1-20H;1-4H,5H2,(H3-,9,10,12,13)/q-1;/p+1. The van der Waals surface area contributed by atoms with Crippen LogP contribution in [0.2, 0.25) is 0 Å². The van der Waals surface area contributed by atoms with E-state index in [1.807, 2.05) is 0 Å². The number of hydrogen-bond acceptors (Lipinski definition) is 2. The van der Waals surface area contributed by atoms with Crippen molar-refractivity contribution in [2.75, 3.05) is 0 Å². The Kier molecular flexibility index (Phi) is 8.47. The number of nitrogens with zero attached hydrogens (tertiary/aromatic N) is 1. The molecule has 0 saturated heterocycles. The van der Waals surface area contributed by atoms with Gasteiger partial charge in [-0.1, -0.05) is 121 Å². The molecule has 38 heavy (non-hydrogen) atoms. The summed E-state index contributed by atoms with van der Waals surface area (Å²) in [6.45, 7) is 0.0428. The Bertz CT molecular complexity index is 1320. The molecule has 0 bridgehead atoms. The van der Waals surface area contributed by atoms with Crippen LogP contribution in [0, 0.1) is 0 Å². The molecular formula is C32H30BN3O2. The topological polar surface area (TPSA) is 90.1 Å². The fraction of sp³-hybridized carbons (Fsp3) is 0.0312. The third kappa shape index (κ3) is 5.87. The quantitative estimate of drug-likeness (QED) is 0.263. The van der Waals surface area contributed by atoms with Gasteiger partial charge in [0.05, 0.1) is 0 Å². The van der Waals surface area contributed by atoms with Crippen LogP contribution in [0.15, 0.2) is 146 Å². The number of rotatable bonds is 7. The molecule has 0 atom stereocenters. The zero-order chi connectivity index (χ0) is 26.8. The number of hydrogen-bond donors (Lipinski definition) is 2. The van der Waals surface area contributed by atoms with Gasteiger partial charge in [-0.15, -0.1) is 0 Å². The van der Waals surface area contributed by atoms with Crippen LogP contribution < -0.4 is 37.9 Å². The third-order valence-corrected chi connectivity index (χ3v) is 6.68. The molecule has 6 heteroatoms. The summed E-state index contributed by atoms with van der Waals surface area (Å²) in [5, 5.41) is 0. The molecule has 188 valence electrons. The van der Waals surface area contributed by atoms with Crippen molar-refractivity contribution in [1.29, 1.82) is 0 Å². The van der Waals surface area contributed by atoms with Crippen LogP contribution in [0.25, 0.3) is 0 Å². The summed E-state index contributed by atoms with van der Waals surface area (Å²) >= 11 is 0. The molecular weight excluding hydrogens is 469 g/mol. The molecule has 4 aromatic carbocycles. The van der Waals surface area contributed by atoms with Crippen LogP contribution in [-0.2, 0) is 11.3 Å². The van der Waals surface area contributed by atoms with Crippen LogP contribution in [-0.4, -0.2) is 18.0 Å². The van der Waals surface area contributed by atoms with E-state index < -0.39 is 18.0 Å². The molecule has 0 radical (unpaired) electrons. The summed E-state index contributed by atoms with van der Waals surface area (Å²) < 4.78 is 1.50. The molecule has 5 rings (SSSR count). The van der Waals surface area contributed by atoms with E-state index in [2.05, 4.69) is 121 Å². The molecule has 0 aliphatic heterocycles. The maximum atomic E-state index is 10.7. The van der Waals surface area contributed by atoms with Gasteiger partial charge in [0, 0.05) is 6.07 Å². The highest BCUT2D eigenvalue weighted by Crippen LogP contribution is 2.09. The van der Waals surface area contributed by atoms with Gasteiger partial charge >= 0.3 is 0 Å². The molecule has 0 aliphatic carbocycles. The highest BCUT2D eigenvalue weighted by Gasteiger charge is 2.31. The van der Waals surface area contributed by atoms with Crippen molar-refractivity contribution in [3.8, 4) is 0 Å². The zero-order valence-electron chi connectivity index (χ0n) is 21.1. The fourth-order valence-electron chi connectivity index (χ4n) is 5.07. The van der Waals surface area contributed by atoms with Crippen molar-refractivity contribution >= 4 is 39.8 Å². The second-order valence-electron chi connectivity index (χ2n) is 9.10. The number of pyridine rings is 1. The first-order valence-electron chi connectivity index (χ1n) is 12.5. The molecule has 0 spiro atoms. The fourth-order valence-corrected chi connectivity index (χ4v) is 5.07.